The van der Waals surface area contributed by atoms with Crippen molar-refractivity contribution in [1.29, 1.82) is 0 Å². The number of likely N-dealkylation sites (N-methyl/N-ethyl adjacent to an activating group) is 1. The minimum Gasteiger partial charge on any atom is -0.351 e. The Morgan fingerprint density at radius 1 is 1.41 bits per heavy atom. The second kappa shape index (κ2) is 7.75. The van der Waals surface area contributed by atoms with E-state index in [-0.39, 0.29) is 11.9 Å². The molecule has 0 aliphatic carbocycles. The van der Waals surface area contributed by atoms with E-state index in [1.54, 1.807) is 0 Å². The van der Waals surface area contributed by atoms with Gasteiger partial charge in [0.2, 0.25) is 5.91 Å². The van der Waals surface area contributed by atoms with Gasteiger partial charge < -0.3 is 10.2 Å². The summed E-state index contributed by atoms with van der Waals surface area (Å²) in [5.74, 6) is 0.127. The molecule has 0 radical (unpaired) electrons. The summed E-state index contributed by atoms with van der Waals surface area (Å²) in [5, 5.41) is 3.09. The van der Waals surface area contributed by atoms with Gasteiger partial charge in [0, 0.05) is 19.1 Å². The minimum atomic E-state index is -0.0632. The predicted molar refractivity (Wildman–Crippen MR) is 90.8 cm³/mol. The number of nitrogens with zero attached hydrogens (tertiary/aromatic N) is 2. The van der Waals surface area contributed by atoms with Crippen LogP contribution < -0.4 is 5.32 Å². The third kappa shape index (κ3) is 4.31. The maximum atomic E-state index is 12.4. The van der Waals surface area contributed by atoms with Crippen molar-refractivity contribution in [3.63, 3.8) is 0 Å². The zero-order valence-electron chi connectivity index (χ0n) is 14.3. The summed E-state index contributed by atoms with van der Waals surface area (Å²) in [6.07, 6.45) is 2.39. The van der Waals surface area contributed by atoms with Crippen LogP contribution in [-0.4, -0.2) is 55.0 Å². The van der Waals surface area contributed by atoms with Crippen LogP contribution in [-0.2, 0) is 11.3 Å². The molecule has 0 spiro atoms. The number of likely N-dealkylation sites (tertiary alicyclic amines) is 1. The molecule has 1 aliphatic heterocycles. The Kier molecular flexibility index (Phi) is 5.98. The summed E-state index contributed by atoms with van der Waals surface area (Å²) in [6, 6.07) is 8.69. The number of rotatable bonds is 5. The summed E-state index contributed by atoms with van der Waals surface area (Å²) in [7, 11) is 4.24. The van der Waals surface area contributed by atoms with E-state index in [0.717, 1.165) is 19.5 Å². The van der Waals surface area contributed by atoms with E-state index in [0.29, 0.717) is 12.6 Å². The van der Waals surface area contributed by atoms with Crippen LogP contribution in [0.5, 0.6) is 0 Å². The zero-order chi connectivity index (χ0) is 16.1. The van der Waals surface area contributed by atoms with Crippen molar-refractivity contribution < 1.29 is 4.79 Å². The van der Waals surface area contributed by atoms with E-state index in [2.05, 4.69) is 48.3 Å². The van der Waals surface area contributed by atoms with Crippen LogP contribution in [0.2, 0.25) is 0 Å². The SMILES string of the molecule is Cc1ccccc1CNC(=O)C(C)N1CCCC(N(C)C)C1. The van der Waals surface area contributed by atoms with Gasteiger partial charge in [-0.2, -0.15) is 0 Å². The first-order valence-corrected chi connectivity index (χ1v) is 8.21. The van der Waals surface area contributed by atoms with Gasteiger partial charge in [-0.3, -0.25) is 9.69 Å². The molecule has 0 bridgehead atoms. The molecular weight excluding hydrogens is 274 g/mol. The van der Waals surface area contributed by atoms with Crippen molar-refractivity contribution in [3.05, 3.63) is 35.4 Å². The number of aryl methyl sites for hydroxylation is 1. The lowest BCUT2D eigenvalue weighted by molar-refractivity contribution is -0.126. The molecule has 2 unspecified atom stereocenters. The quantitative estimate of drug-likeness (QED) is 0.904. The molecule has 122 valence electrons. The van der Waals surface area contributed by atoms with E-state index >= 15 is 0 Å². The van der Waals surface area contributed by atoms with Gasteiger partial charge >= 0.3 is 0 Å². The highest BCUT2D eigenvalue weighted by atomic mass is 16.2. The van der Waals surface area contributed by atoms with E-state index in [1.165, 1.54) is 17.5 Å². The Hall–Kier alpha value is -1.39. The second-order valence-corrected chi connectivity index (χ2v) is 6.57. The molecule has 1 heterocycles. The summed E-state index contributed by atoms with van der Waals surface area (Å²) in [6.45, 7) is 6.71. The van der Waals surface area contributed by atoms with Gasteiger partial charge in [-0.1, -0.05) is 24.3 Å². The van der Waals surface area contributed by atoms with E-state index < -0.39 is 0 Å². The summed E-state index contributed by atoms with van der Waals surface area (Å²) in [5.41, 5.74) is 2.41. The first kappa shape index (κ1) is 17.0. The fraction of sp³-hybridized carbons (Fsp3) is 0.611. The number of amides is 1. The second-order valence-electron chi connectivity index (χ2n) is 6.57. The fourth-order valence-corrected chi connectivity index (χ4v) is 3.06. The van der Waals surface area contributed by atoms with Gasteiger partial charge in [-0.25, -0.2) is 0 Å². The molecule has 0 saturated carbocycles. The summed E-state index contributed by atoms with van der Waals surface area (Å²) in [4.78, 5) is 17.0. The zero-order valence-corrected chi connectivity index (χ0v) is 14.3. The molecule has 1 aliphatic rings. The smallest absolute Gasteiger partial charge is 0.237 e. The van der Waals surface area contributed by atoms with Crippen LogP contribution in [0.3, 0.4) is 0 Å². The molecule has 2 rings (SSSR count). The standard InChI is InChI=1S/C18H29N3O/c1-14-8-5-6-9-16(14)12-19-18(22)15(2)21-11-7-10-17(13-21)20(3)4/h5-6,8-9,15,17H,7,10-13H2,1-4H3,(H,19,22). The first-order chi connectivity index (χ1) is 10.5. The number of carbonyl (C=O) groups is 1. The van der Waals surface area contributed by atoms with Crippen molar-refractivity contribution >= 4 is 5.91 Å². The van der Waals surface area contributed by atoms with Gasteiger partial charge in [0.15, 0.2) is 0 Å². The van der Waals surface area contributed by atoms with Gasteiger partial charge in [0.05, 0.1) is 6.04 Å². The summed E-state index contributed by atoms with van der Waals surface area (Å²) >= 11 is 0. The van der Waals surface area contributed by atoms with Crippen molar-refractivity contribution in [2.45, 2.75) is 45.3 Å². The first-order valence-electron chi connectivity index (χ1n) is 8.21. The van der Waals surface area contributed by atoms with Crippen LogP contribution in [0, 0.1) is 6.92 Å². The lowest BCUT2D eigenvalue weighted by Crippen LogP contribution is -2.52. The predicted octanol–water partition coefficient (Wildman–Crippen LogP) is 2.03. The maximum absolute atomic E-state index is 12.4. The third-order valence-corrected chi connectivity index (χ3v) is 4.80. The Balaban J connectivity index is 1.88. The van der Waals surface area contributed by atoms with Crippen LogP contribution in [0.15, 0.2) is 24.3 Å². The van der Waals surface area contributed by atoms with Crippen LogP contribution in [0.1, 0.15) is 30.9 Å². The molecule has 2 atom stereocenters. The molecule has 1 aromatic rings. The van der Waals surface area contributed by atoms with Crippen molar-refractivity contribution in [1.82, 2.24) is 15.1 Å². The molecule has 1 saturated heterocycles. The molecular formula is C18H29N3O. The summed E-state index contributed by atoms with van der Waals surface area (Å²) < 4.78 is 0. The molecule has 4 nitrogen and oxygen atoms in total. The van der Waals surface area contributed by atoms with Crippen LogP contribution in [0.4, 0.5) is 0 Å². The number of hydrogen-bond donors (Lipinski definition) is 1. The number of piperidine rings is 1. The van der Waals surface area contributed by atoms with Gasteiger partial charge in [-0.05, 0) is 58.5 Å². The topological polar surface area (TPSA) is 35.6 Å². The highest BCUT2D eigenvalue weighted by molar-refractivity contribution is 5.81. The van der Waals surface area contributed by atoms with Crippen molar-refractivity contribution in [2.24, 2.45) is 0 Å². The van der Waals surface area contributed by atoms with E-state index in [9.17, 15) is 4.79 Å². The Bertz CT molecular complexity index is 501. The lowest BCUT2D eigenvalue weighted by Gasteiger charge is -2.38. The fourth-order valence-electron chi connectivity index (χ4n) is 3.06. The van der Waals surface area contributed by atoms with E-state index in [4.69, 9.17) is 0 Å². The molecule has 22 heavy (non-hydrogen) atoms. The number of carbonyl (C=O) groups excluding carboxylic acids is 1. The van der Waals surface area contributed by atoms with Crippen LogP contribution >= 0.6 is 0 Å². The molecule has 1 fully saturated rings. The third-order valence-electron chi connectivity index (χ3n) is 4.80. The van der Waals surface area contributed by atoms with E-state index in [1.807, 2.05) is 19.1 Å². The maximum Gasteiger partial charge on any atom is 0.237 e. The van der Waals surface area contributed by atoms with Crippen LogP contribution in [0.25, 0.3) is 0 Å². The monoisotopic (exact) mass is 303 g/mol. The Labute approximate surface area is 134 Å². The number of benzene rings is 1. The average molecular weight is 303 g/mol. The largest absolute Gasteiger partial charge is 0.351 e. The normalized spacial score (nSPS) is 20.9. The Morgan fingerprint density at radius 3 is 2.82 bits per heavy atom. The number of hydrogen-bond acceptors (Lipinski definition) is 3. The molecule has 0 aromatic heterocycles. The molecule has 1 amide bonds. The van der Waals surface area contributed by atoms with Crippen molar-refractivity contribution in [3.8, 4) is 0 Å². The Morgan fingerprint density at radius 2 is 2.14 bits per heavy atom. The minimum absolute atomic E-state index is 0.0632. The molecule has 1 N–H and O–H groups in total. The lowest BCUT2D eigenvalue weighted by atomic mass is 10.0. The van der Waals surface area contributed by atoms with Crippen molar-refractivity contribution in [2.75, 3.05) is 27.2 Å². The molecule has 4 heteroatoms. The van der Waals surface area contributed by atoms with Gasteiger partial charge in [-0.15, -0.1) is 0 Å². The highest BCUT2D eigenvalue weighted by Gasteiger charge is 2.28. The van der Waals surface area contributed by atoms with Gasteiger partial charge in [0.1, 0.15) is 0 Å². The van der Waals surface area contributed by atoms with Gasteiger partial charge in [0.25, 0.3) is 0 Å². The average Bonchev–Trinajstić information content (AvgIpc) is 2.53. The number of nitrogens with one attached hydrogen (secondary N) is 1. The highest BCUT2D eigenvalue weighted by Crippen LogP contribution is 2.16. The molecule has 1 aromatic carbocycles.